The maximum atomic E-state index is 13.5. The van der Waals surface area contributed by atoms with E-state index in [4.69, 9.17) is 5.26 Å². The highest BCUT2D eigenvalue weighted by atomic mass is 19.1. The van der Waals surface area contributed by atoms with Crippen LogP contribution >= 0.6 is 0 Å². The Labute approximate surface area is 116 Å². The van der Waals surface area contributed by atoms with Gasteiger partial charge in [-0.3, -0.25) is 4.68 Å². The lowest BCUT2D eigenvalue weighted by molar-refractivity contribution is 0.0714. The first kappa shape index (κ1) is 14.0. The van der Waals surface area contributed by atoms with Gasteiger partial charge in [-0.2, -0.15) is 10.4 Å². The van der Waals surface area contributed by atoms with Gasteiger partial charge in [0.25, 0.3) is 0 Å². The summed E-state index contributed by atoms with van der Waals surface area (Å²) in [6.07, 6.45) is 3.27. The average Bonchev–Trinajstić information content (AvgIpc) is 2.84. The Morgan fingerprint density at radius 1 is 1.55 bits per heavy atom. The van der Waals surface area contributed by atoms with Gasteiger partial charge in [0.05, 0.1) is 11.9 Å². The van der Waals surface area contributed by atoms with Crippen LogP contribution in [0.5, 0.6) is 0 Å². The molecule has 20 heavy (non-hydrogen) atoms. The van der Waals surface area contributed by atoms with E-state index in [1.807, 2.05) is 6.07 Å². The fourth-order valence-corrected chi connectivity index (χ4v) is 1.85. The molecule has 104 valence electrons. The van der Waals surface area contributed by atoms with Crippen molar-refractivity contribution in [2.24, 2.45) is 7.05 Å². The van der Waals surface area contributed by atoms with E-state index in [0.717, 1.165) is 0 Å². The van der Waals surface area contributed by atoms with Crippen molar-refractivity contribution in [1.29, 1.82) is 5.26 Å². The van der Waals surface area contributed by atoms with Crippen molar-refractivity contribution >= 4 is 5.69 Å². The minimum absolute atomic E-state index is 0.0607. The van der Waals surface area contributed by atoms with Crippen LogP contribution in [0.1, 0.15) is 18.1 Å². The Bertz CT molecular complexity index is 657. The van der Waals surface area contributed by atoms with Crippen molar-refractivity contribution in [3.8, 4) is 6.07 Å². The molecule has 2 aromatic rings. The van der Waals surface area contributed by atoms with Crippen LogP contribution < -0.4 is 5.32 Å². The lowest BCUT2D eigenvalue weighted by Crippen LogP contribution is -2.30. The SMILES string of the molecule is Cn1cc([C@](C)(O)CNc2cccc(F)c2C#N)cn1. The summed E-state index contributed by atoms with van der Waals surface area (Å²) in [7, 11) is 1.76. The van der Waals surface area contributed by atoms with Crippen molar-refractivity contribution < 1.29 is 9.50 Å². The molecule has 0 saturated carbocycles. The Morgan fingerprint density at radius 3 is 2.90 bits per heavy atom. The molecule has 0 spiro atoms. The van der Waals surface area contributed by atoms with Gasteiger partial charge in [0.2, 0.25) is 0 Å². The number of nitriles is 1. The van der Waals surface area contributed by atoms with E-state index in [-0.39, 0.29) is 12.1 Å². The molecule has 0 aliphatic rings. The smallest absolute Gasteiger partial charge is 0.143 e. The number of nitrogens with one attached hydrogen (secondary N) is 1. The molecule has 1 atom stereocenters. The van der Waals surface area contributed by atoms with Crippen molar-refractivity contribution in [3.63, 3.8) is 0 Å². The lowest BCUT2D eigenvalue weighted by atomic mass is 9.99. The molecular formula is C14H15FN4O. The first-order chi connectivity index (χ1) is 9.44. The van der Waals surface area contributed by atoms with Crippen LogP contribution in [-0.2, 0) is 12.6 Å². The number of anilines is 1. The lowest BCUT2D eigenvalue weighted by Gasteiger charge is -2.23. The molecule has 1 heterocycles. The Kier molecular flexibility index (Phi) is 3.72. The third-order valence-electron chi connectivity index (χ3n) is 3.08. The Balaban J connectivity index is 2.17. The zero-order valence-electron chi connectivity index (χ0n) is 11.3. The third kappa shape index (κ3) is 2.78. The maximum Gasteiger partial charge on any atom is 0.143 e. The molecule has 0 unspecified atom stereocenters. The van der Waals surface area contributed by atoms with Gasteiger partial charge >= 0.3 is 0 Å². The molecule has 2 N–H and O–H groups in total. The minimum Gasteiger partial charge on any atom is -0.383 e. The number of aromatic nitrogens is 2. The van der Waals surface area contributed by atoms with Gasteiger partial charge in [0.15, 0.2) is 0 Å². The van der Waals surface area contributed by atoms with E-state index in [1.54, 1.807) is 37.1 Å². The molecule has 1 aromatic heterocycles. The second-order valence-corrected chi connectivity index (χ2v) is 4.80. The van der Waals surface area contributed by atoms with Gasteiger partial charge in [-0.05, 0) is 19.1 Å². The first-order valence-corrected chi connectivity index (χ1v) is 6.08. The number of rotatable bonds is 4. The highest BCUT2D eigenvalue weighted by Gasteiger charge is 2.25. The zero-order valence-corrected chi connectivity index (χ0v) is 11.3. The predicted molar refractivity (Wildman–Crippen MR) is 72.4 cm³/mol. The van der Waals surface area contributed by atoms with E-state index in [0.29, 0.717) is 11.3 Å². The topological polar surface area (TPSA) is 73.9 Å². The Hall–Kier alpha value is -2.39. The number of hydrogen-bond donors (Lipinski definition) is 2. The summed E-state index contributed by atoms with van der Waals surface area (Å²) >= 11 is 0. The van der Waals surface area contributed by atoms with Crippen molar-refractivity contribution in [3.05, 3.63) is 47.5 Å². The molecule has 6 heteroatoms. The summed E-state index contributed by atoms with van der Waals surface area (Å²) in [5.74, 6) is -0.585. The second kappa shape index (κ2) is 5.31. The van der Waals surface area contributed by atoms with Gasteiger partial charge in [0.1, 0.15) is 23.1 Å². The summed E-state index contributed by atoms with van der Waals surface area (Å²) in [5, 5.41) is 26.2. The number of halogens is 1. The summed E-state index contributed by atoms with van der Waals surface area (Å²) in [4.78, 5) is 0. The third-order valence-corrected chi connectivity index (χ3v) is 3.08. The van der Waals surface area contributed by atoms with Crippen LogP contribution in [0.4, 0.5) is 10.1 Å². The molecule has 0 bridgehead atoms. The monoisotopic (exact) mass is 274 g/mol. The highest BCUT2D eigenvalue weighted by molar-refractivity contribution is 5.58. The van der Waals surface area contributed by atoms with Crippen molar-refractivity contribution in [1.82, 2.24) is 9.78 Å². The number of hydrogen-bond acceptors (Lipinski definition) is 4. The average molecular weight is 274 g/mol. The van der Waals surface area contributed by atoms with Gasteiger partial charge in [-0.1, -0.05) is 6.07 Å². The summed E-state index contributed by atoms with van der Waals surface area (Å²) in [5.41, 5.74) is -0.235. The molecule has 1 aromatic carbocycles. The zero-order chi connectivity index (χ0) is 14.8. The maximum absolute atomic E-state index is 13.5. The molecule has 0 aliphatic carbocycles. The van der Waals surface area contributed by atoms with E-state index in [1.165, 1.54) is 12.1 Å². The molecule has 0 aliphatic heterocycles. The normalized spacial score (nSPS) is 13.6. The standard InChI is InChI=1S/C14H15FN4O/c1-14(20,10-7-18-19(2)8-10)9-17-13-5-3-4-12(15)11(13)6-16/h3-5,7-8,17,20H,9H2,1-2H3/t14-/m1/s1. The number of benzene rings is 1. The molecule has 0 saturated heterocycles. The molecule has 0 amide bonds. The second-order valence-electron chi connectivity index (χ2n) is 4.80. The van der Waals surface area contributed by atoms with Gasteiger partial charge < -0.3 is 10.4 Å². The Morgan fingerprint density at radius 2 is 2.30 bits per heavy atom. The number of nitrogens with zero attached hydrogens (tertiary/aromatic N) is 3. The molecular weight excluding hydrogens is 259 g/mol. The number of aryl methyl sites for hydroxylation is 1. The van der Waals surface area contributed by atoms with E-state index in [2.05, 4.69) is 10.4 Å². The quantitative estimate of drug-likeness (QED) is 0.890. The molecule has 0 fully saturated rings. The largest absolute Gasteiger partial charge is 0.383 e. The van der Waals surface area contributed by atoms with Crippen LogP contribution in [0.15, 0.2) is 30.6 Å². The highest BCUT2D eigenvalue weighted by Crippen LogP contribution is 2.23. The molecule has 5 nitrogen and oxygen atoms in total. The van der Waals surface area contributed by atoms with Crippen LogP contribution in [0.25, 0.3) is 0 Å². The van der Waals surface area contributed by atoms with Crippen molar-refractivity contribution in [2.45, 2.75) is 12.5 Å². The fraction of sp³-hybridized carbons (Fsp3) is 0.286. The summed E-state index contributed by atoms with van der Waals surface area (Å²) in [6, 6.07) is 6.14. The predicted octanol–water partition coefficient (Wildman–Crippen LogP) is 1.75. The van der Waals surface area contributed by atoms with Crippen LogP contribution in [0, 0.1) is 17.1 Å². The van der Waals surface area contributed by atoms with Crippen LogP contribution in [0.2, 0.25) is 0 Å². The first-order valence-electron chi connectivity index (χ1n) is 6.08. The number of aliphatic hydroxyl groups is 1. The summed E-state index contributed by atoms with van der Waals surface area (Å²) in [6.45, 7) is 1.76. The van der Waals surface area contributed by atoms with Crippen molar-refractivity contribution in [2.75, 3.05) is 11.9 Å². The molecule has 2 rings (SSSR count). The van der Waals surface area contributed by atoms with Gasteiger partial charge in [-0.15, -0.1) is 0 Å². The van der Waals surface area contributed by atoms with E-state index in [9.17, 15) is 9.50 Å². The van der Waals surface area contributed by atoms with E-state index < -0.39 is 11.4 Å². The van der Waals surface area contributed by atoms with E-state index >= 15 is 0 Å². The van der Waals surface area contributed by atoms with Crippen LogP contribution in [0.3, 0.4) is 0 Å². The minimum atomic E-state index is -1.17. The van der Waals surface area contributed by atoms with Crippen LogP contribution in [-0.4, -0.2) is 21.4 Å². The van der Waals surface area contributed by atoms with Gasteiger partial charge in [0, 0.05) is 25.4 Å². The molecule has 0 radical (unpaired) electrons. The fourth-order valence-electron chi connectivity index (χ4n) is 1.85. The summed E-state index contributed by atoms with van der Waals surface area (Å²) < 4.78 is 15.0. The van der Waals surface area contributed by atoms with Gasteiger partial charge in [-0.25, -0.2) is 4.39 Å².